The summed E-state index contributed by atoms with van der Waals surface area (Å²) in [7, 11) is 0. The van der Waals surface area contributed by atoms with Crippen molar-refractivity contribution in [3.63, 3.8) is 0 Å². The van der Waals surface area contributed by atoms with E-state index in [0.717, 1.165) is 44.9 Å². The number of nitrogens with one attached hydrogen (secondary N) is 1. The van der Waals surface area contributed by atoms with Gasteiger partial charge in [0.25, 0.3) is 0 Å². The molecule has 1 amide bonds. The van der Waals surface area contributed by atoms with E-state index >= 15 is 0 Å². The van der Waals surface area contributed by atoms with Gasteiger partial charge in [0.05, 0.1) is 0 Å². The maximum atomic E-state index is 12.7. The summed E-state index contributed by atoms with van der Waals surface area (Å²) in [5, 5.41) is 3.81. The smallest absolute Gasteiger partial charge is 0.223 e. The van der Waals surface area contributed by atoms with Gasteiger partial charge in [0.2, 0.25) is 5.91 Å². The molecule has 4 atom stereocenters. The van der Waals surface area contributed by atoms with Crippen LogP contribution in [0, 0.1) is 17.8 Å². The van der Waals surface area contributed by atoms with Crippen molar-refractivity contribution in [2.24, 2.45) is 17.8 Å². The number of amides is 1. The number of nitrogens with zero attached hydrogens (tertiary/aromatic N) is 1. The van der Waals surface area contributed by atoms with Gasteiger partial charge in [-0.3, -0.25) is 4.79 Å². The molecule has 4 heteroatoms. The summed E-state index contributed by atoms with van der Waals surface area (Å²) in [5.41, 5.74) is 0. The van der Waals surface area contributed by atoms with Crippen LogP contribution in [0.25, 0.3) is 0 Å². The number of carbonyl (C=O) groups is 1. The number of rotatable bonds is 4. The minimum absolute atomic E-state index is 0.458. The van der Waals surface area contributed by atoms with Crippen LogP contribution in [0.2, 0.25) is 0 Å². The molecular formula is C20H34N2O2. The highest BCUT2D eigenvalue weighted by molar-refractivity contribution is 5.80. The van der Waals surface area contributed by atoms with Gasteiger partial charge >= 0.3 is 0 Å². The van der Waals surface area contributed by atoms with Crippen molar-refractivity contribution < 1.29 is 9.53 Å². The topological polar surface area (TPSA) is 41.6 Å². The molecule has 0 bridgehead atoms. The van der Waals surface area contributed by atoms with Gasteiger partial charge in [-0.15, -0.1) is 0 Å². The van der Waals surface area contributed by atoms with E-state index in [1.165, 1.54) is 38.5 Å². The molecule has 1 N–H and O–H groups in total. The molecule has 0 spiro atoms. The number of hydrogen-bond acceptors (Lipinski definition) is 3. The number of hydrogen-bond donors (Lipinski definition) is 1. The molecule has 4 rings (SSSR count). The predicted octanol–water partition coefficient (Wildman–Crippen LogP) is 2.96. The number of likely N-dealkylation sites (tertiary alicyclic amines) is 1. The lowest BCUT2D eigenvalue weighted by Gasteiger charge is -2.35. The molecule has 4 aliphatic rings. The van der Waals surface area contributed by atoms with Crippen LogP contribution in [-0.4, -0.2) is 48.7 Å². The fraction of sp³-hybridized carbons (Fsp3) is 0.950. The van der Waals surface area contributed by atoms with Crippen LogP contribution in [0.15, 0.2) is 0 Å². The van der Waals surface area contributed by atoms with E-state index in [2.05, 4.69) is 17.1 Å². The standard InChI is InChI=1S/C20H34N2O2/c1-14-11-19-17(18(14)13-21-15-7-9-24-10-8-15)12-20(23)22(19)16-5-3-2-4-6-16/h14-19,21H,2-13H2,1H3/t14-,17-,18+,19+/m0/s1. The van der Waals surface area contributed by atoms with Crippen molar-refractivity contribution in [3.8, 4) is 0 Å². The Bertz CT molecular complexity index is 443. The second-order valence-electron chi connectivity index (χ2n) is 8.70. The van der Waals surface area contributed by atoms with Gasteiger partial charge in [-0.1, -0.05) is 26.2 Å². The van der Waals surface area contributed by atoms with Crippen molar-refractivity contribution in [1.29, 1.82) is 0 Å². The molecule has 136 valence electrons. The van der Waals surface area contributed by atoms with E-state index in [1.54, 1.807) is 0 Å². The highest BCUT2D eigenvalue weighted by atomic mass is 16.5. The summed E-state index contributed by atoms with van der Waals surface area (Å²) >= 11 is 0. The molecule has 0 unspecified atom stereocenters. The van der Waals surface area contributed by atoms with Crippen LogP contribution in [0.5, 0.6) is 0 Å². The maximum absolute atomic E-state index is 12.7. The summed E-state index contributed by atoms with van der Waals surface area (Å²) in [5.74, 6) is 2.48. The SMILES string of the molecule is C[C@H]1C[C@@H]2[C@@H](CC(=O)N2C2CCCCC2)[C@@H]1CNC1CCOCC1. The van der Waals surface area contributed by atoms with Gasteiger partial charge in [-0.25, -0.2) is 0 Å². The Morgan fingerprint density at radius 1 is 1.12 bits per heavy atom. The van der Waals surface area contributed by atoms with Crippen molar-refractivity contribution in [3.05, 3.63) is 0 Å². The molecule has 2 heterocycles. The third-order valence-corrected chi connectivity index (χ3v) is 7.28. The molecular weight excluding hydrogens is 300 g/mol. The molecule has 0 aromatic heterocycles. The van der Waals surface area contributed by atoms with Crippen LogP contribution in [0.1, 0.15) is 64.7 Å². The molecule has 2 saturated heterocycles. The van der Waals surface area contributed by atoms with Crippen LogP contribution in [-0.2, 0) is 9.53 Å². The summed E-state index contributed by atoms with van der Waals surface area (Å²) in [6.07, 6.45) is 10.8. The fourth-order valence-corrected chi connectivity index (χ4v) is 5.93. The van der Waals surface area contributed by atoms with Crippen LogP contribution in [0.4, 0.5) is 0 Å². The Labute approximate surface area is 146 Å². The molecule has 0 aromatic rings. The normalized spacial score (nSPS) is 38.7. The zero-order valence-electron chi connectivity index (χ0n) is 15.2. The first-order valence-corrected chi connectivity index (χ1v) is 10.4. The molecule has 4 nitrogen and oxygen atoms in total. The van der Waals surface area contributed by atoms with Crippen molar-refractivity contribution in [2.45, 2.75) is 82.8 Å². The first-order chi connectivity index (χ1) is 11.7. The average molecular weight is 335 g/mol. The quantitative estimate of drug-likeness (QED) is 0.859. The van der Waals surface area contributed by atoms with Gasteiger partial charge in [-0.05, 0) is 56.4 Å². The third kappa shape index (κ3) is 3.24. The Hall–Kier alpha value is -0.610. The highest BCUT2D eigenvalue weighted by Gasteiger charge is 2.52. The highest BCUT2D eigenvalue weighted by Crippen LogP contribution is 2.47. The van der Waals surface area contributed by atoms with E-state index in [4.69, 9.17) is 4.74 Å². The summed E-state index contributed by atoms with van der Waals surface area (Å²) in [6, 6.07) is 1.71. The number of ether oxygens (including phenoxy) is 1. The third-order valence-electron chi connectivity index (χ3n) is 7.28. The van der Waals surface area contributed by atoms with Crippen molar-refractivity contribution in [1.82, 2.24) is 10.2 Å². The minimum atomic E-state index is 0.458. The summed E-state index contributed by atoms with van der Waals surface area (Å²) < 4.78 is 5.47. The summed E-state index contributed by atoms with van der Waals surface area (Å²) in [6.45, 7) is 5.31. The fourth-order valence-electron chi connectivity index (χ4n) is 5.93. The van der Waals surface area contributed by atoms with E-state index in [0.29, 0.717) is 35.9 Å². The van der Waals surface area contributed by atoms with Gasteiger partial charge in [0.15, 0.2) is 0 Å². The average Bonchev–Trinajstić information content (AvgIpc) is 3.08. The Morgan fingerprint density at radius 2 is 1.88 bits per heavy atom. The Kier molecular flexibility index (Phi) is 5.14. The second-order valence-corrected chi connectivity index (χ2v) is 8.70. The van der Waals surface area contributed by atoms with Gasteiger partial charge in [0.1, 0.15) is 0 Å². The molecule has 2 saturated carbocycles. The van der Waals surface area contributed by atoms with Gasteiger partial charge < -0.3 is 15.0 Å². The van der Waals surface area contributed by atoms with E-state index in [9.17, 15) is 4.79 Å². The predicted molar refractivity (Wildman–Crippen MR) is 94.7 cm³/mol. The van der Waals surface area contributed by atoms with Gasteiger partial charge in [-0.2, -0.15) is 0 Å². The Balaban J connectivity index is 1.38. The van der Waals surface area contributed by atoms with Crippen LogP contribution < -0.4 is 5.32 Å². The summed E-state index contributed by atoms with van der Waals surface area (Å²) in [4.78, 5) is 15.1. The first-order valence-electron chi connectivity index (χ1n) is 10.4. The van der Waals surface area contributed by atoms with Gasteiger partial charge in [0, 0.05) is 37.8 Å². The lowest BCUT2D eigenvalue weighted by atomic mass is 9.88. The largest absolute Gasteiger partial charge is 0.381 e. The van der Waals surface area contributed by atoms with Crippen molar-refractivity contribution in [2.75, 3.05) is 19.8 Å². The zero-order chi connectivity index (χ0) is 16.5. The monoisotopic (exact) mass is 334 g/mol. The number of carbonyl (C=O) groups excluding carboxylic acids is 1. The second kappa shape index (κ2) is 7.33. The molecule has 0 radical (unpaired) electrons. The van der Waals surface area contributed by atoms with E-state index in [1.807, 2.05) is 0 Å². The van der Waals surface area contributed by atoms with E-state index in [-0.39, 0.29) is 0 Å². The van der Waals surface area contributed by atoms with E-state index < -0.39 is 0 Å². The Morgan fingerprint density at radius 3 is 2.62 bits per heavy atom. The maximum Gasteiger partial charge on any atom is 0.223 e. The number of fused-ring (bicyclic) bond motifs is 1. The first kappa shape index (κ1) is 16.8. The molecule has 2 aliphatic carbocycles. The molecule has 24 heavy (non-hydrogen) atoms. The molecule has 0 aromatic carbocycles. The minimum Gasteiger partial charge on any atom is -0.381 e. The molecule has 2 aliphatic heterocycles. The van der Waals surface area contributed by atoms with Crippen LogP contribution >= 0.6 is 0 Å². The lowest BCUT2D eigenvalue weighted by Crippen LogP contribution is -2.43. The van der Waals surface area contributed by atoms with Crippen LogP contribution in [0.3, 0.4) is 0 Å². The van der Waals surface area contributed by atoms with Crippen molar-refractivity contribution >= 4 is 5.91 Å². The zero-order valence-corrected chi connectivity index (χ0v) is 15.2. The molecule has 4 fully saturated rings. The lowest BCUT2D eigenvalue weighted by molar-refractivity contribution is -0.132.